The van der Waals surface area contributed by atoms with E-state index in [0.29, 0.717) is 5.56 Å². The molecule has 1 saturated carbocycles. The van der Waals surface area contributed by atoms with Crippen LogP contribution in [0.15, 0.2) is 72.8 Å². The Kier molecular flexibility index (Phi) is 10.3. The fourth-order valence-corrected chi connectivity index (χ4v) is 6.35. The molecule has 0 aromatic heterocycles. The first-order valence-electron chi connectivity index (χ1n) is 13.3. The number of hydrogen-bond acceptors (Lipinski definition) is 4. The zero-order valence-corrected chi connectivity index (χ0v) is 24.9. The number of nitrogens with zero attached hydrogens (tertiary/aromatic N) is 2. The Hall–Kier alpha value is -3.14. The largest absolute Gasteiger partial charge is 0.352 e. The van der Waals surface area contributed by atoms with Crippen molar-refractivity contribution in [2.24, 2.45) is 0 Å². The third-order valence-electron chi connectivity index (χ3n) is 7.05. The number of carbonyl (C=O) groups is 2. The first-order valence-corrected chi connectivity index (χ1v) is 15.9. The van der Waals surface area contributed by atoms with Gasteiger partial charge in [-0.1, -0.05) is 78.5 Å². The third-order valence-corrected chi connectivity index (χ3v) is 8.63. The van der Waals surface area contributed by atoms with Crippen molar-refractivity contribution in [1.82, 2.24) is 10.2 Å². The molecule has 0 bridgehead atoms. The molecule has 1 aliphatic carbocycles. The van der Waals surface area contributed by atoms with Crippen LogP contribution in [0.2, 0.25) is 10.0 Å². The van der Waals surface area contributed by atoms with Gasteiger partial charge in [0.05, 0.1) is 11.9 Å². The summed E-state index contributed by atoms with van der Waals surface area (Å²) in [4.78, 5) is 29.3. The second-order valence-corrected chi connectivity index (χ2v) is 13.0. The summed E-state index contributed by atoms with van der Waals surface area (Å²) < 4.78 is 40.4. The van der Waals surface area contributed by atoms with Crippen molar-refractivity contribution in [1.29, 1.82) is 0 Å². The van der Waals surface area contributed by atoms with Crippen LogP contribution < -0.4 is 9.62 Å². The molecule has 1 aliphatic rings. The lowest BCUT2D eigenvalue weighted by Gasteiger charge is -2.34. The Bertz CT molecular complexity index is 1450. The van der Waals surface area contributed by atoms with Crippen LogP contribution in [-0.4, -0.2) is 50.0 Å². The Labute approximate surface area is 250 Å². The topological polar surface area (TPSA) is 86.8 Å². The highest BCUT2D eigenvalue weighted by Crippen LogP contribution is 2.28. The highest BCUT2D eigenvalue weighted by Gasteiger charge is 2.34. The summed E-state index contributed by atoms with van der Waals surface area (Å²) in [7, 11) is -3.96. The molecule has 7 nitrogen and oxygen atoms in total. The number of rotatable bonds is 11. The molecule has 1 unspecified atom stereocenters. The number of hydrogen-bond donors (Lipinski definition) is 1. The predicted octanol–water partition coefficient (Wildman–Crippen LogP) is 5.60. The van der Waals surface area contributed by atoms with Gasteiger partial charge in [-0.3, -0.25) is 13.9 Å². The van der Waals surface area contributed by atoms with Crippen molar-refractivity contribution in [2.75, 3.05) is 17.1 Å². The Morgan fingerprint density at radius 3 is 2.15 bits per heavy atom. The molecule has 0 heterocycles. The first-order chi connectivity index (χ1) is 19.5. The van der Waals surface area contributed by atoms with Crippen LogP contribution in [0.5, 0.6) is 0 Å². The highest BCUT2D eigenvalue weighted by molar-refractivity contribution is 7.92. The minimum Gasteiger partial charge on any atom is -0.352 e. The number of benzene rings is 3. The van der Waals surface area contributed by atoms with Crippen LogP contribution in [0, 0.1) is 5.82 Å². The molecular formula is C30H32Cl2FN3O4S. The highest BCUT2D eigenvalue weighted by atomic mass is 35.5. The van der Waals surface area contributed by atoms with E-state index in [1.807, 2.05) is 30.3 Å². The average Bonchev–Trinajstić information content (AvgIpc) is 3.42. The number of sulfonamides is 1. The minimum absolute atomic E-state index is 0.00432. The molecule has 1 fully saturated rings. The molecule has 218 valence electrons. The van der Waals surface area contributed by atoms with Crippen molar-refractivity contribution in [3.63, 3.8) is 0 Å². The van der Waals surface area contributed by atoms with Gasteiger partial charge < -0.3 is 10.2 Å². The molecule has 0 saturated heterocycles. The molecule has 0 aliphatic heterocycles. The number of carbonyl (C=O) groups excluding carboxylic acids is 2. The summed E-state index contributed by atoms with van der Waals surface area (Å²) in [6.07, 6.45) is 4.91. The molecule has 0 spiro atoms. The quantitative estimate of drug-likeness (QED) is 0.303. The maximum Gasteiger partial charge on any atom is 0.244 e. The van der Waals surface area contributed by atoms with Crippen molar-refractivity contribution in [3.8, 4) is 0 Å². The lowest BCUT2D eigenvalue weighted by molar-refractivity contribution is -0.140. The van der Waals surface area contributed by atoms with Crippen molar-refractivity contribution >= 4 is 50.7 Å². The summed E-state index contributed by atoms with van der Waals surface area (Å²) >= 11 is 12.3. The first kappa shape index (κ1) is 30.8. The Morgan fingerprint density at radius 1 is 0.951 bits per heavy atom. The van der Waals surface area contributed by atoms with Gasteiger partial charge in [0.2, 0.25) is 21.8 Å². The molecular weight excluding hydrogens is 588 g/mol. The van der Waals surface area contributed by atoms with E-state index in [1.165, 1.54) is 47.4 Å². The number of halogens is 3. The van der Waals surface area contributed by atoms with Gasteiger partial charge >= 0.3 is 0 Å². The molecule has 4 rings (SSSR count). The summed E-state index contributed by atoms with van der Waals surface area (Å²) in [5, 5.41) is 3.51. The zero-order chi connectivity index (χ0) is 29.6. The standard InChI is InChI=1S/C30H32Cl2FN3O4S/c1-41(39,40)36(27-17-23(31)16-24(32)18-27)20-29(37)35(19-22-11-13-25(33)14-12-22)28(15-21-7-3-2-4-8-21)30(38)34-26-9-5-6-10-26/h2-4,7-8,11-14,16-18,26,28H,5-6,9-10,15,19-20H2,1H3,(H,34,38). The Morgan fingerprint density at radius 2 is 1.56 bits per heavy atom. The second-order valence-electron chi connectivity index (χ2n) is 10.2. The fraction of sp³-hybridized carbons (Fsp3) is 0.333. The van der Waals surface area contributed by atoms with E-state index in [1.54, 1.807) is 0 Å². The van der Waals surface area contributed by atoms with E-state index in [0.717, 1.165) is 41.8 Å². The van der Waals surface area contributed by atoms with E-state index >= 15 is 0 Å². The van der Waals surface area contributed by atoms with Gasteiger partial charge in [0.1, 0.15) is 18.4 Å². The maximum atomic E-state index is 14.1. The van der Waals surface area contributed by atoms with Crippen LogP contribution in [0.1, 0.15) is 36.8 Å². The van der Waals surface area contributed by atoms with E-state index in [4.69, 9.17) is 23.2 Å². The normalized spacial score (nSPS) is 14.4. The van der Waals surface area contributed by atoms with Crippen LogP contribution in [0.4, 0.5) is 10.1 Å². The minimum atomic E-state index is -3.96. The molecule has 11 heteroatoms. The van der Waals surface area contributed by atoms with Crippen LogP contribution >= 0.6 is 23.2 Å². The van der Waals surface area contributed by atoms with Gasteiger partial charge in [-0.2, -0.15) is 0 Å². The number of anilines is 1. The van der Waals surface area contributed by atoms with Crippen LogP contribution in [-0.2, 0) is 32.6 Å². The van der Waals surface area contributed by atoms with Gasteiger partial charge in [0, 0.05) is 29.1 Å². The van der Waals surface area contributed by atoms with Crippen LogP contribution in [0.25, 0.3) is 0 Å². The van der Waals surface area contributed by atoms with Crippen molar-refractivity contribution in [3.05, 3.63) is 99.8 Å². The lowest BCUT2D eigenvalue weighted by Crippen LogP contribution is -2.54. The molecule has 3 aromatic carbocycles. The lowest BCUT2D eigenvalue weighted by atomic mass is 10.0. The summed E-state index contributed by atoms with van der Waals surface area (Å²) in [6.45, 7) is -0.638. The summed E-state index contributed by atoms with van der Waals surface area (Å²) in [6, 6.07) is 18.2. The van der Waals surface area contributed by atoms with E-state index < -0.39 is 34.3 Å². The molecule has 1 N–H and O–H groups in total. The van der Waals surface area contributed by atoms with E-state index in [9.17, 15) is 22.4 Å². The molecule has 41 heavy (non-hydrogen) atoms. The van der Waals surface area contributed by atoms with E-state index in [2.05, 4.69) is 5.32 Å². The fourth-order valence-electron chi connectivity index (χ4n) is 5.00. The molecule has 1 atom stereocenters. The molecule has 0 radical (unpaired) electrons. The van der Waals surface area contributed by atoms with Gasteiger partial charge in [-0.15, -0.1) is 0 Å². The van der Waals surface area contributed by atoms with Gasteiger partial charge in [-0.05, 0) is 54.3 Å². The smallest absolute Gasteiger partial charge is 0.244 e. The second kappa shape index (κ2) is 13.7. The summed E-state index contributed by atoms with van der Waals surface area (Å²) in [5.41, 5.74) is 1.54. The molecule has 2 amide bonds. The number of amides is 2. The number of nitrogens with one attached hydrogen (secondary N) is 1. The maximum absolute atomic E-state index is 14.1. The van der Waals surface area contributed by atoms with Gasteiger partial charge in [0.15, 0.2) is 0 Å². The van der Waals surface area contributed by atoms with E-state index in [-0.39, 0.29) is 40.6 Å². The summed E-state index contributed by atoms with van der Waals surface area (Å²) in [5.74, 6) is -1.38. The van der Waals surface area contributed by atoms with Crippen molar-refractivity contribution in [2.45, 2.75) is 50.7 Å². The van der Waals surface area contributed by atoms with Gasteiger partial charge in [0.25, 0.3) is 0 Å². The van der Waals surface area contributed by atoms with Crippen molar-refractivity contribution < 1.29 is 22.4 Å². The zero-order valence-electron chi connectivity index (χ0n) is 22.6. The molecule has 3 aromatic rings. The SMILES string of the molecule is CS(=O)(=O)N(CC(=O)N(Cc1ccc(F)cc1)C(Cc1ccccc1)C(=O)NC1CCCC1)c1cc(Cl)cc(Cl)c1. The third kappa shape index (κ3) is 8.67. The van der Waals surface area contributed by atoms with Crippen LogP contribution in [0.3, 0.4) is 0 Å². The average molecular weight is 621 g/mol. The van der Waals surface area contributed by atoms with Gasteiger partial charge in [-0.25, -0.2) is 12.8 Å². The predicted molar refractivity (Wildman–Crippen MR) is 160 cm³/mol. The Balaban J connectivity index is 1.73. The monoisotopic (exact) mass is 619 g/mol.